The van der Waals surface area contributed by atoms with Crippen molar-refractivity contribution >= 4 is 66.1 Å². The molecule has 0 radical (unpaired) electrons. The Kier molecular flexibility index (Phi) is 42.6. The number of rotatable bonds is 52. The van der Waals surface area contributed by atoms with E-state index in [-0.39, 0.29) is 91.6 Å². The van der Waals surface area contributed by atoms with Crippen molar-refractivity contribution in [2.75, 3.05) is 21.3 Å². The highest BCUT2D eigenvalue weighted by Crippen LogP contribution is 2.31. The smallest absolute Gasteiger partial charge is 0.311 e. The number of esters is 3. The molecule has 0 saturated heterocycles. The van der Waals surface area contributed by atoms with Crippen LogP contribution in [0.3, 0.4) is 0 Å². The lowest BCUT2D eigenvalue weighted by Gasteiger charge is -2.20. The summed E-state index contributed by atoms with van der Waals surface area (Å²) in [6, 6.07) is 11.5. The summed E-state index contributed by atoms with van der Waals surface area (Å²) in [7, 11) is 4.31. The summed E-state index contributed by atoms with van der Waals surface area (Å²) < 4.78 is 33.3. The number of unbranched alkanes of at least 4 members (excludes halogenated alkanes) is 24. The highest BCUT2D eigenvalue weighted by molar-refractivity contribution is 5.93. The summed E-state index contributed by atoms with van der Waals surface area (Å²) in [4.78, 5) is 96.3. The van der Waals surface area contributed by atoms with E-state index in [0.717, 1.165) is 70.6 Å². The molecule has 0 aliphatic rings. The summed E-state index contributed by atoms with van der Waals surface area (Å²) in [5.41, 5.74) is 20.2. The van der Waals surface area contributed by atoms with E-state index in [1.807, 2.05) is 0 Å². The Balaban J connectivity index is 1.67. The highest BCUT2D eigenvalue weighted by Gasteiger charge is 2.27. The van der Waals surface area contributed by atoms with E-state index in [1.165, 1.54) is 136 Å². The SMILES string of the molecule is CCCCCCCCCCCC(=O)Oc1ccc(/C=N/NC(=O)CC[C@H](N=C(N)N)C(=O)N[C@@H](CCC(=O)N/N=C/c2ccc(OC(=O)CCCCCCCCCCC)c(OC)c2)C(=O)N/N=C/c2ccc(OC(=O)CCCCCCCCCCC)c(OC)c2)cc1OC. The van der Waals surface area contributed by atoms with Gasteiger partial charge in [0.05, 0.1) is 40.0 Å². The molecule has 0 unspecified atom stereocenters. The van der Waals surface area contributed by atoms with Crippen LogP contribution in [0.4, 0.5) is 0 Å². The molecule has 23 nitrogen and oxygen atoms in total. The number of guanidine groups is 1. The Morgan fingerprint density at radius 2 is 0.702 bits per heavy atom. The van der Waals surface area contributed by atoms with Crippen LogP contribution < -0.4 is 61.5 Å². The highest BCUT2D eigenvalue weighted by atomic mass is 16.6. The number of hydrazone groups is 3. The average molecular weight is 1310 g/mol. The quantitative estimate of drug-likeness (QED) is 0.00764. The molecule has 0 fully saturated rings. The molecule has 3 aromatic carbocycles. The monoisotopic (exact) mass is 1310 g/mol. The molecule has 0 heterocycles. The first-order valence-corrected chi connectivity index (χ1v) is 34.1. The van der Waals surface area contributed by atoms with Crippen molar-refractivity contribution in [2.45, 2.75) is 251 Å². The number of hydrogen-bond donors (Lipinski definition) is 6. The molecule has 8 N–H and O–H groups in total. The normalized spacial score (nSPS) is 11.9. The third-order valence-corrected chi connectivity index (χ3v) is 15.4. The number of nitrogens with zero attached hydrogens (tertiary/aromatic N) is 4. The average Bonchev–Trinajstić information content (AvgIpc) is 1.11. The van der Waals surface area contributed by atoms with Crippen LogP contribution in [-0.2, 0) is 33.6 Å². The first kappa shape index (κ1) is 79.9. The van der Waals surface area contributed by atoms with E-state index in [9.17, 15) is 33.6 Å². The number of hydrogen-bond acceptors (Lipinski definition) is 17. The molecule has 3 aromatic rings. The zero-order valence-corrected chi connectivity index (χ0v) is 56.9. The molecule has 0 aliphatic heterocycles. The van der Waals surface area contributed by atoms with Gasteiger partial charge < -0.3 is 45.2 Å². The summed E-state index contributed by atoms with van der Waals surface area (Å²) >= 11 is 0. The van der Waals surface area contributed by atoms with Crippen LogP contribution in [0.15, 0.2) is 74.9 Å². The molecule has 0 aromatic heterocycles. The van der Waals surface area contributed by atoms with Crippen LogP contribution >= 0.6 is 0 Å². The first-order chi connectivity index (χ1) is 45.6. The van der Waals surface area contributed by atoms with Gasteiger partial charge in [0.2, 0.25) is 17.7 Å². The van der Waals surface area contributed by atoms with E-state index in [0.29, 0.717) is 28.9 Å². The topological polar surface area (TPSA) is 324 Å². The van der Waals surface area contributed by atoms with Gasteiger partial charge in [-0.3, -0.25) is 33.6 Å². The largest absolute Gasteiger partial charge is 0.493 e. The molecular weight excluding hydrogens is 1200 g/mol. The third kappa shape index (κ3) is 36.2. The predicted molar refractivity (Wildman–Crippen MR) is 369 cm³/mol. The van der Waals surface area contributed by atoms with Crippen molar-refractivity contribution in [2.24, 2.45) is 31.8 Å². The minimum absolute atomic E-state index is 0.216. The van der Waals surface area contributed by atoms with E-state index in [4.69, 9.17) is 39.9 Å². The first-order valence-electron chi connectivity index (χ1n) is 34.1. The number of carbonyl (C=O) groups excluding carboxylic acids is 7. The molecule has 4 amide bonds. The zero-order chi connectivity index (χ0) is 68.4. The fourth-order valence-electron chi connectivity index (χ4n) is 10.0. The van der Waals surface area contributed by atoms with Gasteiger partial charge in [0.25, 0.3) is 5.91 Å². The maximum Gasteiger partial charge on any atom is 0.311 e. The summed E-state index contributed by atoms with van der Waals surface area (Å²) in [5.74, 6) is -2.97. The zero-order valence-electron chi connectivity index (χ0n) is 56.9. The van der Waals surface area contributed by atoms with E-state index in [2.05, 4.69) is 62.7 Å². The number of carbonyl (C=O) groups is 7. The second-order valence-corrected chi connectivity index (χ2v) is 23.4. The lowest BCUT2D eigenvalue weighted by atomic mass is 10.1. The summed E-state index contributed by atoms with van der Waals surface area (Å²) in [5, 5.41) is 14.8. The fraction of sp³-hybridized carbons (Fsp3) is 0.592. The van der Waals surface area contributed by atoms with Crippen LogP contribution in [0.5, 0.6) is 34.5 Å². The Hall–Kier alpha value is -8.37. The van der Waals surface area contributed by atoms with Gasteiger partial charge in [-0.1, -0.05) is 175 Å². The standard InChI is InChI=1S/C71H108N10O13/c1-7-10-13-16-19-22-25-28-31-34-66(84)92-58-42-37-53(47-61(58)89-4)50-74-79-64(82)45-40-56(78-71(72)73)69(87)77-57(70(88)81-76-52-55-39-44-60(63(49-55)91-6)94-68(86)36-33-30-27-24-21-18-15-12-9-3)41-46-65(83)80-75-51-54-38-43-59(62(48-54)90-5)93-67(85)35-32-29-26-23-20-17-14-11-8-2/h37-39,42-44,47-52,56-57H,7-36,40-41,45-46H2,1-6H3,(H,77,87)(H,79,82)(H,80,83)(H,81,88)(H4,72,73,78)/b74-50+,75-51+,76-52+/t56-,57-/m0/s1. The minimum atomic E-state index is -1.41. The van der Waals surface area contributed by atoms with Crippen LogP contribution in [-0.4, -0.2) is 99.6 Å². The van der Waals surface area contributed by atoms with Gasteiger partial charge in [0, 0.05) is 32.1 Å². The number of aliphatic imine (C=N–C) groups is 1. The van der Waals surface area contributed by atoms with Gasteiger partial charge in [-0.05, 0) is 103 Å². The van der Waals surface area contributed by atoms with Crippen molar-refractivity contribution in [1.29, 1.82) is 0 Å². The number of ether oxygens (including phenoxy) is 6. The Bertz CT molecular complexity index is 2860. The Labute approximate surface area is 557 Å². The van der Waals surface area contributed by atoms with Crippen molar-refractivity contribution in [3.05, 3.63) is 71.3 Å². The molecule has 2 atom stereocenters. The molecule has 0 spiro atoms. The second kappa shape index (κ2) is 50.2. The molecule has 0 saturated carbocycles. The van der Waals surface area contributed by atoms with Crippen LogP contribution in [0.1, 0.15) is 256 Å². The van der Waals surface area contributed by atoms with E-state index < -0.39 is 41.7 Å². The second-order valence-electron chi connectivity index (χ2n) is 23.4. The predicted octanol–water partition coefficient (Wildman–Crippen LogP) is 12.6. The summed E-state index contributed by atoms with van der Waals surface area (Å²) in [6.07, 6.45) is 34.0. The molecule has 3 rings (SSSR count). The summed E-state index contributed by atoms with van der Waals surface area (Å²) in [6.45, 7) is 6.60. The number of methoxy groups -OCH3 is 3. The van der Waals surface area contributed by atoms with Gasteiger partial charge in [0.1, 0.15) is 12.1 Å². The third-order valence-electron chi connectivity index (χ3n) is 15.4. The van der Waals surface area contributed by atoms with Crippen LogP contribution in [0.25, 0.3) is 0 Å². The molecule has 520 valence electrons. The molecule has 0 aliphatic carbocycles. The van der Waals surface area contributed by atoms with Crippen LogP contribution in [0, 0.1) is 0 Å². The minimum Gasteiger partial charge on any atom is -0.493 e. The molecule has 94 heavy (non-hydrogen) atoms. The molecular formula is C71H108N10O13. The Morgan fingerprint density at radius 3 is 1.02 bits per heavy atom. The van der Waals surface area contributed by atoms with Gasteiger partial charge in [0.15, 0.2) is 40.5 Å². The fourth-order valence-corrected chi connectivity index (χ4v) is 10.0. The number of amides is 4. The van der Waals surface area contributed by atoms with Crippen molar-refractivity contribution < 1.29 is 62.0 Å². The van der Waals surface area contributed by atoms with Crippen molar-refractivity contribution in [3.63, 3.8) is 0 Å². The van der Waals surface area contributed by atoms with Crippen molar-refractivity contribution in [1.82, 2.24) is 21.6 Å². The van der Waals surface area contributed by atoms with Gasteiger partial charge in [-0.15, -0.1) is 0 Å². The number of benzene rings is 3. The van der Waals surface area contributed by atoms with Gasteiger partial charge in [-0.25, -0.2) is 21.3 Å². The molecule has 0 bridgehead atoms. The number of nitrogens with two attached hydrogens (primary N) is 2. The maximum atomic E-state index is 14.0. The molecule has 23 heteroatoms. The van der Waals surface area contributed by atoms with Crippen LogP contribution in [0.2, 0.25) is 0 Å². The maximum absolute atomic E-state index is 14.0. The van der Waals surface area contributed by atoms with E-state index in [1.54, 1.807) is 54.6 Å². The van der Waals surface area contributed by atoms with Gasteiger partial charge >= 0.3 is 17.9 Å². The Morgan fingerprint density at radius 1 is 0.394 bits per heavy atom. The van der Waals surface area contributed by atoms with E-state index >= 15 is 0 Å². The lowest BCUT2D eigenvalue weighted by molar-refractivity contribution is -0.135. The van der Waals surface area contributed by atoms with Gasteiger partial charge in [-0.2, -0.15) is 15.3 Å². The van der Waals surface area contributed by atoms with Crippen molar-refractivity contribution in [3.8, 4) is 34.5 Å². The lowest BCUT2D eigenvalue weighted by Crippen LogP contribution is -2.49. The number of nitrogens with one attached hydrogen (secondary N) is 4.